The van der Waals surface area contributed by atoms with E-state index in [9.17, 15) is 21.6 Å². The molecule has 1 aliphatic rings. The van der Waals surface area contributed by atoms with E-state index in [1.54, 1.807) is 18.2 Å². The first-order chi connectivity index (χ1) is 13.3. The molecule has 1 saturated heterocycles. The van der Waals surface area contributed by atoms with Gasteiger partial charge in [-0.1, -0.05) is 0 Å². The van der Waals surface area contributed by atoms with Crippen LogP contribution in [-0.4, -0.2) is 53.1 Å². The highest BCUT2D eigenvalue weighted by Gasteiger charge is 2.33. The fraction of sp³-hybridized carbons (Fsp3) is 0.333. The predicted molar refractivity (Wildman–Crippen MR) is 96.8 cm³/mol. The van der Waals surface area contributed by atoms with Gasteiger partial charge in [-0.2, -0.15) is 4.31 Å². The third kappa shape index (κ3) is 3.61. The van der Waals surface area contributed by atoms with Crippen LogP contribution in [-0.2, 0) is 10.0 Å². The number of benzene rings is 2. The van der Waals surface area contributed by atoms with E-state index in [2.05, 4.69) is 0 Å². The average molecular weight is 416 g/mol. The summed E-state index contributed by atoms with van der Waals surface area (Å²) in [5.41, 5.74) is 0.763. The van der Waals surface area contributed by atoms with Gasteiger partial charge in [-0.05, 0) is 24.3 Å². The van der Waals surface area contributed by atoms with Crippen LogP contribution in [0.3, 0.4) is 0 Å². The highest BCUT2D eigenvalue weighted by Crippen LogP contribution is 2.33. The van der Waals surface area contributed by atoms with E-state index in [1.807, 2.05) is 4.90 Å². The highest BCUT2D eigenvalue weighted by molar-refractivity contribution is 7.89. The van der Waals surface area contributed by atoms with Crippen LogP contribution >= 0.6 is 0 Å². The Morgan fingerprint density at radius 2 is 1.57 bits per heavy atom. The molecule has 0 radical (unpaired) electrons. The lowest BCUT2D eigenvalue weighted by atomic mass is 10.2. The summed E-state index contributed by atoms with van der Waals surface area (Å²) < 4.78 is 77.4. The summed E-state index contributed by atoms with van der Waals surface area (Å²) in [6.45, 7) is 0.729. The van der Waals surface area contributed by atoms with Crippen LogP contribution in [0.25, 0.3) is 0 Å². The Balaban J connectivity index is 1.80. The van der Waals surface area contributed by atoms with E-state index in [1.165, 1.54) is 14.2 Å². The van der Waals surface area contributed by atoms with Gasteiger partial charge < -0.3 is 14.4 Å². The number of sulfonamides is 1. The van der Waals surface area contributed by atoms with Crippen LogP contribution in [0.15, 0.2) is 35.2 Å². The van der Waals surface area contributed by atoms with Gasteiger partial charge in [-0.25, -0.2) is 21.6 Å². The molecule has 0 atom stereocenters. The fourth-order valence-corrected chi connectivity index (χ4v) is 4.54. The highest BCUT2D eigenvalue weighted by atomic mass is 32.2. The molecule has 0 saturated carbocycles. The van der Waals surface area contributed by atoms with Gasteiger partial charge in [0, 0.05) is 32.2 Å². The molecule has 3 rings (SSSR count). The molecule has 0 aromatic heterocycles. The molecule has 1 heterocycles. The molecule has 0 unspecified atom stereocenters. The van der Waals surface area contributed by atoms with Gasteiger partial charge in [-0.15, -0.1) is 0 Å². The van der Waals surface area contributed by atoms with Crippen LogP contribution in [0.2, 0.25) is 0 Å². The average Bonchev–Trinajstić information content (AvgIpc) is 2.71. The van der Waals surface area contributed by atoms with Crippen LogP contribution < -0.4 is 14.4 Å². The first kappa shape index (κ1) is 20.3. The van der Waals surface area contributed by atoms with Crippen LogP contribution in [0, 0.1) is 17.5 Å². The van der Waals surface area contributed by atoms with Crippen LogP contribution in [0.1, 0.15) is 0 Å². The summed E-state index contributed by atoms with van der Waals surface area (Å²) in [7, 11) is -1.23. The number of nitrogens with zero attached hydrogens (tertiary/aromatic N) is 2. The van der Waals surface area contributed by atoms with Gasteiger partial charge >= 0.3 is 0 Å². The quantitative estimate of drug-likeness (QED) is 0.702. The van der Waals surface area contributed by atoms with Crippen molar-refractivity contribution in [2.75, 3.05) is 45.3 Å². The number of piperazine rings is 1. The Hall–Kier alpha value is -2.46. The fourth-order valence-electron chi connectivity index (χ4n) is 3.06. The molecular weight excluding hydrogens is 397 g/mol. The standard InChI is InChI=1S/C18H19F3N2O4S/c1-26-12-3-5-14(15(11-12)27-2)22-7-9-23(10-8-22)28(24,25)16-6-4-13(19)17(20)18(16)21/h3-6,11H,7-10H2,1-2H3. The second-order valence-corrected chi connectivity index (χ2v) is 8.01. The Bertz CT molecular complexity index is 977. The number of rotatable bonds is 5. The van der Waals surface area contributed by atoms with Crippen molar-refractivity contribution in [2.45, 2.75) is 4.90 Å². The summed E-state index contributed by atoms with van der Waals surface area (Å²) in [5, 5.41) is 0. The Morgan fingerprint density at radius 3 is 2.18 bits per heavy atom. The molecule has 1 aliphatic heterocycles. The van der Waals surface area contributed by atoms with Crippen molar-refractivity contribution in [3.05, 3.63) is 47.8 Å². The third-order valence-electron chi connectivity index (χ3n) is 4.58. The minimum Gasteiger partial charge on any atom is -0.497 e. The maximum Gasteiger partial charge on any atom is 0.246 e. The van der Waals surface area contributed by atoms with E-state index in [0.29, 0.717) is 30.7 Å². The molecule has 6 nitrogen and oxygen atoms in total. The second-order valence-electron chi connectivity index (χ2n) is 6.10. The molecule has 0 N–H and O–H groups in total. The van der Waals surface area contributed by atoms with E-state index in [-0.39, 0.29) is 13.1 Å². The second kappa shape index (κ2) is 7.88. The lowest BCUT2D eigenvalue weighted by Crippen LogP contribution is -2.49. The first-order valence-corrected chi connectivity index (χ1v) is 9.84. The van der Waals surface area contributed by atoms with E-state index >= 15 is 0 Å². The van der Waals surface area contributed by atoms with Crippen molar-refractivity contribution in [1.29, 1.82) is 0 Å². The SMILES string of the molecule is COc1ccc(N2CCN(S(=O)(=O)c3ccc(F)c(F)c3F)CC2)c(OC)c1. The summed E-state index contributed by atoms with van der Waals surface area (Å²) in [6, 6.07) is 6.62. The van der Waals surface area contributed by atoms with Crippen molar-refractivity contribution >= 4 is 15.7 Å². The van der Waals surface area contributed by atoms with Crippen molar-refractivity contribution in [1.82, 2.24) is 4.31 Å². The Labute approximate surface area is 161 Å². The Morgan fingerprint density at radius 1 is 0.893 bits per heavy atom. The number of halogens is 3. The van der Waals surface area contributed by atoms with E-state index in [0.717, 1.165) is 16.1 Å². The number of anilines is 1. The van der Waals surface area contributed by atoms with Crippen molar-refractivity contribution in [3.63, 3.8) is 0 Å². The number of hydrogen-bond donors (Lipinski definition) is 0. The maximum absolute atomic E-state index is 14.0. The topological polar surface area (TPSA) is 59.1 Å². The van der Waals surface area contributed by atoms with Gasteiger partial charge in [0.05, 0.1) is 19.9 Å². The number of ether oxygens (including phenoxy) is 2. The first-order valence-electron chi connectivity index (χ1n) is 8.40. The van der Waals surface area contributed by atoms with E-state index in [4.69, 9.17) is 9.47 Å². The molecule has 0 bridgehead atoms. The molecule has 0 spiro atoms. The van der Waals surface area contributed by atoms with Gasteiger partial charge in [0.15, 0.2) is 17.5 Å². The molecule has 1 fully saturated rings. The number of hydrogen-bond acceptors (Lipinski definition) is 5. The van der Waals surface area contributed by atoms with Crippen LogP contribution in [0.5, 0.6) is 11.5 Å². The molecule has 10 heteroatoms. The smallest absolute Gasteiger partial charge is 0.246 e. The molecule has 0 amide bonds. The molecule has 2 aromatic rings. The maximum atomic E-state index is 14.0. The predicted octanol–water partition coefficient (Wildman–Crippen LogP) is 2.63. The van der Waals surface area contributed by atoms with Gasteiger partial charge in [0.2, 0.25) is 10.0 Å². The largest absolute Gasteiger partial charge is 0.497 e. The zero-order chi connectivity index (χ0) is 20.5. The van der Waals surface area contributed by atoms with Crippen molar-refractivity contribution < 1.29 is 31.1 Å². The van der Waals surface area contributed by atoms with Gasteiger partial charge in [0.1, 0.15) is 16.4 Å². The molecule has 0 aliphatic carbocycles. The normalized spacial score (nSPS) is 15.5. The lowest BCUT2D eigenvalue weighted by molar-refractivity contribution is 0.371. The minimum atomic E-state index is -4.29. The zero-order valence-corrected chi connectivity index (χ0v) is 16.1. The van der Waals surface area contributed by atoms with Crippen molar-refractivity contribution in [3.8, 4) is 11.5 Å². The number of methoxy groups -OCH3 is 2. The molecule has 152 valence electrons. The zero-order valence-electron chi connectivity index (χ0n) is 15.3. The third-order valence-corrected chi connectivity index (χ3v) is 6.50. The van der Waals surface area contributed by atoms with E-state index < -0.39 is 32.4 Å². The van der Waals surface area contributed by atoms with Crippen molar-refractivity contribution in [2.24, 2.45) is 0 Å². The molecular formula is C18H19F3N2O4S. The molecule has 2 aromatic carbocycles. The van der Waals surface area contributed by atoms with Crippen LogP contribution in [0.4, 0.5) is 18.9 Å². The summed E-state index contributed by atoms with van der Waals surface area (Å²) in [5.74, 6) is -3.76. The monoisotopic (exact) mass is 416 g/mol. The Kier molecular flexibility index (Phi) is 5.71. The van der Waals surface area contributed by atoms with Gasteiger partial charge in [0.25, 0.3) is 0 Å². The summed E-state index contributed by atoms with van der Waals surface area (Å²) in [4.78, 5) is 1.05. The lowest BCUT2D eigenvalue weighted by Gasteiger charge is -2.36. The van der Waals surface area contributed by atoms with Gasteiger partial charge in [-0.3, -0.25) is 0 Å². The summed E-state index contributed by atoms with van der Waals surface area (Å²) in [6.07, 6.45) is 0. The summed E-state index contributed by atoms with van der Waals surface area (Å²) >= 11 is 0. The molecule has 28 heavy (non-hydrogen) atoms. The minimum absolute atomic E-state index is 0.0515.